The van der Waals surface area contributed by atoms with Gasteiger partial charge in [-0.1, -0.05) is 69.3 Å². The minimum absolute atomic E-state index is 0.0135. The van der Waals surface area contributed by atoms with E-state index in [1.54, 1.807) is 0 Å². The Kier molecular flexibility index (Phi) is 7.59. The van der Waals surface area contributed by atoms with E-state index in [0.717, 1.165) is 17.9 Å². The number of ether oxygens (including phenoxy) is 2. The molecule has 0 spiro atoms. The van der Waals surface area contributed by atoms with E-state index in [0.29, 0.717) is 16.9 Å². The predicted octanol–water partition coefficient (Wildman–Crippen LogP) is 8.39. The Hall–Kier alpha value is -3.85. The Morgan fingerprint density at radius 2 is 1.08 bits per heavy atom. The molecule has 0 unspecified atom stereocenters. The van der Waals surface area contributed by atoms with Gasteiger partial charge < -0.3 is 9.47 Å². The maximum absolute atomic E-state index is 12.8. The summed E-state index contributed by atoms with van der Waals surface area (Å²) in [6.45, 7) is 10.6. The smallest absolute Gasteiger partial charge is 0.193 e. The molecule has 0 amide bonds. The van der Waals surface area contributed by atoms with Crippen molar-refractivity contribution in [2.24, 2.45) is 0 Å². The molecule has 0 fully saturated rings. The largest absolute Gasteiger partial charge is 0.491 e. The number of benzene rings is 4. The van der Waals surface area contributed by atoms with Gasteiger partial charge in [-0.15, -0.1) is 0 Å². The van der Waals surface area contributed by atoms with Crippen molar-refractivity contribution >= 4 is 5.78 Å². The van der Waals surface area contributed by atoms with Crippen molar-refractivity contribution in [1.29, 1.82) is 0 Å². The van der Waals surface area contributed by atoms with Crippen LogP contribution in [0.2, 0.25) is 0 Å². The van der Waals surface area contributed by atoms with Gasteiger partial charge in [0.2, 0.25) is 0 Å². The van der Waals surface area contributed by atoms with Crippen LogP contribution in [0.3, 0.4) is 0 Å². The summed E-state index contributed by atoms with van der Waals surface area (Å²) < 4.78 is 11.8. The fourth-order valence-corrected chi connectivity index (χ4v) is 4.20. The number of hydrogen-bond donors (Lipinski definition) is 0. The molecule has 3 heteroatoms. The van der Waals surface area contributed by atoms with Gasteiger partial charge in [-0.3, -0.25) is 4.79 Å². The van der Waals surface area contributed by atoms with Gasteiger partial charge in [0.25, 0.3) is 0 Å². The molecular weight excluding hydrogens is 444 g/mol. The highest BCUT2D eigenvalue weighted by molar-refractivity contribution is 6.09. The van der Waals surface area contributed by atoms with Gasteiger partial charge >= 0.3 is 0 Å². The van der Waals surface area contributed by atoms with Crippen molar-refractivity contribution in [3.05, 3.63) is 125 Å². The molecule has 0 N–H and O–H groups in total. The second-order valence-electron chi connectivity index (χ2n) is 9.85. The molecule has 0 bridgehead atoms. The van der Waals surface area contributed by atoms with Gasteiger partial charge in [0.15, 0.2) is 5.78 Å². The van der Waals surface area contributed by atoms with Gasteiger partial charge in [-0.25, -0.2) is 0 Å². The van der Waals surface area contributed by atoms with Crippen LogP contribution in [-0.4, -0.2) is 11.9 Å². The summed E-state index contributed by atoms with van der Waals surface area (Å²) in [7, 11) is 0. The summed E-state index contributed by atoms with van der Waals surface area (Å²) in [4.78, 5) is 12.8. The van der Waals surface area contributed by atoms with E-state index in [2.05, 4.69) is 45.0 Å². The molecule has 0 aromatic heterocycles. The molecule has 36 heavy (non-hydrogen) atoms. The van der Waals surface area contributed by atoms with E-state index >= 15 is 0 Å². The molecule has 4 aromatic carbocycles. The van der Waals surface area contributed by atoms with E-state index in [1.807, 2.05) is 86.6 Å². The number of aryl methyl sites for hydroxylation is 1. The Morgan fingerprint density at radius 1 is 0.667 bits per heavy atom. The second kappa shape index (κ2) is 10.8. The summed E-state index contributed by atoms with van der Waals surface area (Å²) in [5.74, 6) is 2.35. The molecule has 0 radical (unpaired) electrons. The molecule has 184 valence electrons. The number of carbonyl (C=O) groups excluding carboxylic acids is 1. The molecule has 0 aliphatic rings. The zero-order valence-corrected chi connectivity index (χ0v) is 21.7. The highest BCUT2D eigenvalue weighted by Gasteiger charge is 2.23. The van der Waals surface area contributed by atoms with Crippen LogP contribution >= 0.6 is 0 Å². The lowest BCUT2D eigenvalue weighted by Gasteiger charge is -2.26. The third-order valence-corrected chi connectivity index (χ3v) is 6.50. The topological polar surface area (TPSA) is 35.5 Å². The van der Waals surface area contributed by atoms with Gasteiger partial charge in [0, 0.05) is 16.5 Å². The van der Waals surface area contributed by atoms with Crippen molar-refractivity contribution in [3.63, 3.8) is 0 Å². The minimum atomic E-state index is -0.160. The third kappa shape index (κ3) is 5.85. The lowest BCUT2D eigenvalue weighted by molar-refractivity contribution is 0.103. The first-order valence-electron chi connectivity index (χ1n) is 12.6. The molecule has 0 aliphatic heterocycles. The van der Waals surface area contributed by atoms with Crippen LogP contribution in [0.25, 0.3) is 0 Å². The Bertz CT molecular complexity index is 1280. The highest BCUT2D eigenvalue weighted by atomic mass is 16.5. The molecule has 0 heterocycles. The first-order chi connectivity index (χ1) is 17.3. The number of carbonyl (C=O) groups is 1. The fraction of sp³-hybridized carbons (Fsp3) is 0.242. The van der Waals surface area contributed by atoms with Crippen molar-refractivity contribution in [1.82, 2.24) is 0 Å². The molecule has 0 saturated carbocycles. The first kappa shape index (κ1) is 25.2. The summed E-state index contributed by atoms with van der Waals surface area (Å²) >= 11 is 0. The van der Waals surface area contributed by atoms with Crippen molar-refractivity contribution in [2.45, 2.75) is 52.6 Å². The second-order valence-corrected chi connectivity index (χ2v) is 9.85. The van der Waals surface area contributed by atoms with Crippen LogP contribution in [0, 0.1) is 0 Å². The molecule has 3 nitrogen and oxygen atoms in total. The molecule has 0 aliphatic carbocycles. The summed E-state index contributed by atoms with van der Waals surface area (Å²) in [6.07, 6.45) is 1.12. The summed E-state index contributed by atoms with van der Waals surface area (Å²) in [6, 6.07) is 31.6. The van der Waals surface area contributed by atoms with Crippen molar-refractivity contribution in [2.75, 3.05) is 0 Å². The normalized spacial score (nSPS) is 11.4. The van der Waals surface area contributed by atoms with Gasteiger partial charge in [-0.2, -0.15) is 0 Å². The maximum Gasteiger partial charge on any atom is 0.193 e. The average molecular weight is 479 g/mol. The fourth-order valence-electron chi connectivity index (χ4n) is 4.20. The van der Waals surface area contributed by atoms with Crippen LogP contribution in [0.15, 0.2) is 97.1 Å². The maximum atomic E-state index is 12.8. The Labute approximate surface area is 214 Å². The van der Waals surface area contributed by atoms with E-state index < -0.39 is 0 Å². The zero-order valence-electron chi connectivity index (χ0n) is 21.7. The number of hydrogen-bond acceptors (Lipinski definition) is 3. The number of rotatable bonds is 9. The summed E-state index contributed by atoms with van der Waals surface area (Å²) in [5.41, 5.74) is 4.82. The highest BCUT2D eigenvalue weighted by Crippen LogP contribution is 2.34. The Balaban J connectivity index is 1.42. The van der Waals surface area contributed by atoms with Crippen molar-refractivity contribution < 1.29 is 14.3 Å². The van der Waals surface area contributed by atoms with Crippen LogP contribution in [0.4, 0.5) is 0 Å². The van der Waals surface area contributed by atoms with Crippen LogP contribution < -0.4 is 9.47 Å². The van der Waals surface area contributed by atoms with Gasteiger partial charge in [0.05, 0.1) is 6.10 Å². The lowest BCUT2D eigenvalue weighted by atomic mass is 9.78. The van der Waals surface area contributed by atoms with Crippen LogP contribution in [-0.2, 0) is 11.8 Å². The molecule has 0 atom stereocenters. The summed E-state index contributed by atoms with van der Waals surface area (Å²) in [5, 5.41) is 0. The molecule has 4 rings (SSSR count). The van der Waals surface area contributed by atoms with Crippen LogP contribution in [0.5, 0.6) is 17.2 Å². The lowest BCUT2D eigenvalue weighted by Crippen LogP contribution is -2.18. The quantitative estimate of drug-likeness (QED) is 0.227. The molecular formula is C33H34O3. The van der Waals surface area contributed by atoms with E-state index in [9.17, 15) is 4.79 Å². The van der Waals surface area contributed by atoms with Crippen LogP contribution in [0.1, 0.15) is 67.2 Å². The van der Waals surface area contributed by atoms with E-state index in [-0.39, 0.29) is 17.3 Å². The molecule has 4 aromatic rings. The van der Waals surface area contributed by atoms with Crippen molar-refractivity contribution in [3.8, 4) is 17.2 Å². The predicted molar refractivity (Wildman–Crippen MR) is 147 cm³/mol. The van der Waals surface area contributed by atoms with Gasteiger partial charge in [0.1, 0.15) is 17.2 Å². The van der Waals surface area contributed by atoms with Gasteiger partial charge in [-0.05, 0) is 85.5 Å². The first-order valence-corrected chi connectivity index (χ1v) is 12.6. The minimum Gasteiger partial charge on any atom is -0.491 e. The third-order valence-electron chi connectivity index (χ3n) is 6.50. The van der Waals surface area contributed by atoms with E-state index in [1.165, 1.54) is 16.7 Å². The Morgan fingerprint density at radius 3 is 1.53 bits per heavy atom. The standard InChI is InChI=1S/C33H34O3/c1-6-24-7-9-25(10-8-24)32(34)26-11-17-30(18-12-26)36-31-21-15-28(16-22-31)33(4,5)27-13-19-29(20-14-27)35-23(2)3/h7-23H,6H2,1-5H3. The zero-order chi connectivity index (χ0) is 25.7. The average Bonchev–Trinajstić information content (AvgIpc) is 2.89. The monoisotopic (exact) mass is 478 g/mol. The molecule has 0 saturated heterocycles. The number of ketones is 1. The van der Waals surface area contributed by atoms with E-state index in [4.69, 9.17) is 9.47 Å². The SMILES string of the molecule is CCc1ccc(C(=O)c2ccc(Oc3ccc(C(C)(C)c4ccc(OC(C)C)cc4)cc3)cc2)cc1.